The Morgan fingerprint density at radius 2 is 1.81 bits per heavy atom. The minimum atomic E-state index is -3.70. The smallest absolute Gasteiger partial charge is 0.248 e. The number of nitrogens with one attached hydrogen (secondary N) is 1. The van der Waals surface area contributed by atoms with Gasteiger partial charge in [0.05, 0.1) is 27.7 Å². The summed E-state index contributed by atoms with van der Waals surface area (Å²) in [5.74, 6) is -0.481. The molecule has 0 aliphatic heterocycles. The summed E-state index contributed by atoms with van der Waals surface area (Å²) in [6, 6.07) is 9.24. The molecule has 146 valence electrons. The zero-order chi connectivity index (χ0) is 20.4. The van der Waals surface area contributed by atoms with Crippen LogP contribution in [0.4, 0.5) is 11.4 Å². The molecule has 0 spiro atoms. The van der Waals surface area contributed by atoms with E-state index in [4.69, 9.17) is 23.2 Å². The van der Waals surface area contributed by atoms with Gasteiger partial charge in [0.2, 0.25) is 15.9 Å². The van der Waals surface area contributed by atoms with Gasteiger partial charge in [0.25, 0.3) is 0 Å². The van der Waals surface area contributed by atoms with Gasteiger partial charge in [0.15, 0.2) is 0 Å². The highest BCUT2D eigenvalue weighted by Crippen LogP contribution is 2.31. The number of amides is 1. The van der Waals surface area contributed by atoms with Crippen LogP contribution in [0.25, 0.3) is 0 Å². The minimum absolute atomic E-state index is 0.208. The topological polar surface area (TPSA) is 66.5 Å². The molecule has 0 radical (unpaired) electrons. The van der Waals surface area contributed by atoms with E-state index in [1.807, 2.05) is 19.9 Å². The molecular weight excluding hydrogens is 407 g/mol. The van der Waals surface area contributed by atoms with Gasteiger partial charge in [-0.2, -0.15) is 0 Å². The molecule has 0 saturated carbocycles. The molecule has 1 amide bonds. The van der Waals surface area contributed by atoms with Crippen LogP contribution in [-0.4, -0.2) is 26.6 Å². The van der Waals surface area contributed by atoms with E-state index in [0.29, 0.717) is 16.4 Å². The fourth-order valence-electron chi connectivity index (χ4n) is 2.74. The van der Waals surface area contributed by atoms with Gasteiger partial charge in [-0.1, -0.05) is 42.3 Å². The van der Waals surface area contributed by atoms with Crippen molar-refractivity contribution >= 4 is 50.5 Å². The predicted molar refractivity (Wildman–Crippen MR) is 112 cm³/mol. The van der Waals surface area contributed by atoms with Gasteiger partial charge in [0.1, 0.15) is 6.04 Å². The summed E-state index contributed by atoms with van der Waals surface area (Å²) in [6.45, 7) is 5.59. The average molecular weight is 429 g/mol. The minimum Gasteiger partial charge on any atom is -0.323 e. The average Bonchev–Trinajstić information content (AvgIpc) is 2.58. The van der Waals surface area contributed by atoms with Crippen molar-refractivity contribution in [3.63, 3.8) is 0 Å². The summed E-state index contributed by atoms with van der Waals surface area (Å²) in [6.07, 6.45) is 1.37. The van der Waals surface area contributed by atoms with Crippen molar-refractivity contribution in [3.8, 4) is 0 Å². The number of hydrogen-bond acceptors (Lipinski definition) is 3. The summed E-state index contributed by atoms with van der Waals surface area (Å²) < 4.78 is 26.2. The Labute approximate surface area is 170 Å². The van der Waals surface area contributed by atoms with E-state index in [9.17, 15) is 13.2 Å². The molecule has 0 saturated heterocycles. The van der Waals surface area contributed by atoms with E-state index >= 15 is 0 Å². The lowest BCUT2D eigenvalue weighted by Gasteiger charge is -2.30. The summed E-state index contributed by atoms with van der Waals surface area (Å²) in [5, 5.41) is 3.20. The number of hydrogen-bond donors (Lipinski definition) is 1. The molecule has 0 aliphatic carbocycles. The second-order valence-electron chi connectivity index (χ2n) is 6.34. The Kier molecular flexibility index (Phi) is 6.78. The fourth-order valence-corrected chi connectivity index (χ4v) is 4.29. The van der Waals surface area contributed by atoms with Gasteiger partial charge in [-0.25, -0.2) is 8.42 Å². The molecule has 0 aliphatic rings. The number of halogens is 2. The second kappa shape index (κ2) is 8.50. The van der Waals surface area contributed by atoms with Crippen molar-refractivity contribution in [1.29, 1.82) is 0 Å². The number of rotatable bonds is 6. The molecule has 0 fully saturated rings. The number of carbonyl (C=O) groups is 1. The number of sulfonamides is 1. The van der Waals surface area contributed by atoms with E-state index in [0.717, 1.165) is 21.7 Å². The quantitative estimate of drug-likeness (QED) is 0.718. The molecule has 8 heteroatoms. The van der Waals surface area contributed by atoms with Crippen LogP contribution in [-0.2, 0) is 14.8 Å². The lowest BCUT2D eigenvalue weighted by Crippen LogP contribution is -2.47. The maximum atomic E-state index is 12.9. The first-order valence-corrected chi connectivity index (χ1v) is 11.0. The van der Waals surface area contributed by atoms with Crippen LogP contribution in [0.1, 0.15) is 24.5 Å². The summed E-state index contributed by atoms with van der Waals surface area (Å²) in [5.41, 5.74) is 2.76. The standard InChI is InChI=1S/C19H22Cl2N2O3S/c1-5-17(19(24)22-16-8-6-7-15(20)18(16)21)23(27(4,25)26)14-10-9-12(2)13(3)11-14/h6-11,17H,5H2,1-4H3,(H,22,24)/t17-/m1/s1. The van der Waals surface area contributed by atoms with Gasteiger partial charge in [0, 0.05) is 0 Å². The lowest BCUT2D eigenvalue weighted by atomic mass is 10.1. The molecule has 0 aromatic heterocycles. The molecule has 0 bridgehead atoms. The Balaban J connectivity index is 2.44. The van der Waals surface area contributed by atoms with Crippen molar-refractivity contribution in [2.45, 2.75) is 33.2 Å². The Morgan fingerprint density at radius 3 is 2.37 bits per heavy atom. The summed E-state index contributed by atoms with van der Waals surface area (Å²) in [4.78, 5) is 12.9. The van der Waals surface area contributed by atoms with Crippen LogP contribution in [0.5, 0.6) is 0 Å². The first kappa shape index (κ1) is 21.5. The normalized spacial score (nSPS) is 12.5. The Hall–Kier alpha value is -1.76. The SMILES string of the molecule is CC[C@H](C(=O)Nc1cccc(Cl)c1Cl)N(c1ccc(C)c(C)c1)S(C)(=O)=O. The van der Waals surface area contributed by atoms with Gasteiger partial charge in [-0.3, -0.25) is 9.10 Å². The summed E-state index contributed by atoms with van der Waals surface area (Å²) in [7, 11) is -3.70. The molecule has 27 heavy (non-hydrogen) atoms. The molecular formula is C19H22Cl2N2O3S. The Morgan fingerprint density at radius 1 is 1.15 bits per heavy atom. The predicted octanol–water partition coefficient (Wildman–Crippen LogP) is 4.79. The van der Waals surface area contributed by atoms with Crippen molar-refractivity contribution in [2.75, 3.05) is 15.9 Å². The first-order valence-electron chi connectivity index (χ1n) is 8.37. The van der Waals surface area contributed by atoms with Crippen LogP contribution >= 0.6 is 23.2 Å². The highest BCUT2D eigenvalue weighted by atomic mass is 35.5. The molecule has 0 unspecified atom stereocenters. The van der Waals surface area contributed by atoms with Gasteiger partial charge >= 0.3 is 0 Å². The molecule has 1 N–H and O–H groups in total. The van der Waals surface area contributed by atoms with E-state index in [1.54, 1.807) is 37.3 Å². The molecule has 0 heterocycles. The van der Waals surface area contributed by atoms with Gasteiger partial charge in [-0.15, -0.1) is 0 Å². The monoisotopic (exact) mass is 428 g/mol. The van der Waals surface area contributed by atoms with Gasteiger partial charge in [-0.05, 0) is 55.7 Å². The number of nitrogens with zero attached hydrogens (tertiary/aromatic N) is 1. The summed E-state index contributed by atoms with van der Waals surface area (Å²) >= 11 is 12.1. The first-order chi connectivity index (χ1) is 12.6. The van der Waals surface area contributed by atoms with Crippen LogP contribution in [0.2, 0.25) is 10.0 Å². The van der Waals surface area contributed by atoms with Crippen LogP contribution in [0.15, 0.2) is 36.4 Å². The van der Waals surface area contributed by atoms with Gasteiger partial charge < -0.3 is 5.32 Å². The van der Waals surface area contributed by atoms with E-state index in [1.165, 1.54) is 0 Å². The zero-order valence-corrected chi connectivity index (χ0v) is 17.9. The third kappa shape index (κ3) is 4.94. The highest BCUT2D eigenvalue weighted by Gasteiger charge is 2.32. The van der Waals surface area contributed by atoms with E-state index in [-0.39, 0.29) is 11.4 Å². The van der Waals surface area contributed by atoms with Crippen molar-refractivity contribution in [3.05, 3.63) is 57.6 Å². The molecule has 2 aromatic rings. The van der Waals surface area contributed by atoms with Crippen LogP contribution in [0, 0.1) is 13.8 Å². The van der Waals surface area contributed by atoms with Crippen molar-refractivity contribution < 1.29 is 13.2 Å². The fraction of sp³-hybridized carbons (Fsp3) is 0.316. The van der Waals surface area contributed by atoms with E-state index in [2.05, 4.69) is 5.32 Å². The maximum absolute atomic E-state index is 12.9. The third-order valence-corrected chi connectivity index (χ3v) is 6.28. The van der Waals surface area contributed by atoms with Crippen LogP contribution in [0.3, 0.4) is 0 Å². The highest BCUT2D eigenvalue weighted by molar-refractivity contribution is 7.92. The number of anilines is 2. The number of carbonyl (C=O) groups excluding carboxylic acids is 1. The maximum Gasteiger partial charge on any atom is 0.248 e. The molecule has 5 nitrogen and oxygen atoms in total. The van der Waals surface area contributed by atoms with Crippen molar-refractivity contribution in [2.24, 2.45) is 0 Å². The second-order valence-corrected chi connectivity index (χ2v) is 8.99. The van der Waals surface area contributed by atoms with E-state index < -0.39 is 22.0 Å². The lowest BCUT2D eigenvalue weighted by molar-refractivity contribution is -0.117. The Bertz CT molecular complexity index is 961. The largest absolute Gasteiger partial charge is 0.323 e. The van der Waals surface area contributed by atoms with Crippen molar-refractivity contribution in [1.82, 2.24) is 0 Å². The number of benzene rings is 2. The number of aryl methyl sites for hydroxylation is 2. The molecule has 1 atom stereocenters. The zero-order valence-electron chi connectivity index (χ0n) is 15.6. The third-order valence-electron chi connectivity index (χ3n) is 4.28. The molecule has 2 aromatic carbocycles. The van der Waals surface area contributed by atoms with Crippen LogP contribution < -0.4 is 9.62 Å². The molecule has 2 rings (SSSR count).